The first-order valence-corrected chi connectivity index (χ1v) is 5.89. The maximum Gasteiger partial charge on any atom is 0.326 e. The van der Waals surface area contributed by atoms with E-state index in [2.05, 4.69) is 5.32 Å². The molecule has 1 aromatic rings. The summed E-state index contributed by atoms with van der Waals surface area (Å²) in [6.07, 6.45) is 0.542. The molecule has 0 aliphatic carbocycles. The number of phenolic OH excluding ortho intramolecular Hbond substituents is 1. The van der Waals surface area contributed by atoms with Crippen molar-refractivity contribution in [3.05, 3.63) is 29.6 Å². The van der Waals surface area contributed by atoms with Crippen LogP contribution in [0.5, 0.6) is 5.75 Å². The van der Waals surface area contributed by atoms with E-state index in [0.29, 0.717) is 6.42 Å². The standard InChI is InChI=1S/C13H16FNO4/c1-3-7(2)11(13(18)19)15-12(17)10-8(14)5-4-6-9(10)16/h4-7,11,16H,3H2,1-2H3,(H,15,17)(H,18,19). The maximum absolute atomic E-state index is 13.5. The van der Waals surface area contributed by atoms with Crippen molar-refractivity contribution in [2.24, 2.45) is 5.92 Å². The highest BCUT2D eigenvalue weighted by Crippen LogP contribution is 2.20. The van der Waals surface area contributed by atoms with Gasteiger partial charge in [0.2, 0.25) is 0 Å². The molecule has 2 unspecified atom stereocenters. The molecule has 1 aromatic carbocycles. The number of benzene rings is 1. The Morgan fingerprint density at radius 3 is 2.53 bits per heavy atom. The number of amides is 1. The third-order valence-electron chi connectivity index (χ3n) is 2.98. The van der Waals surface area contributed by atoms with Crippen LogP contribution in [-0.2, 0) is 4.79 Å². The maximum atomic E-state index is 13.5. The van der Waals surface area contributed by atoms with E-state index >= 15 is 0 Å². The van der Waals surface area contributed by atoms with Gasteiger partial charge in [-0.15, -0.1) is 0 Å². The van der Waals surface area contributed by atoms with Crippen LogP contribution in [0.2, 0.25) is 0 Å². The number of hydrogen-bond acceptors (Lipinski definition) is 3. The van der Waals surface area contributed by atoms with E-state index in [1.165, 1.54) is 6.07 Å². The molecule has 1 amide bonds. The van der Waals surface area contributed by atoms with Crippen LogP contribution in [0.15, 0.2) is 18.2 Å². The van der Waals surface area contributed by atoms with E-state index in [-0.39, 0.29) is 5.92 Å². The van der Waals surface area contributed by atoms with Crippen LogP contribution in [-0.4, -0.2) is 28.1 Å². The van der Waals surface area contributed by atoms with E-state index in [1.807, 2.05) is 0 Å². The van der Waals surface area contributed by atoms with Gasteiger partial charge in [0.25, 0.3) is 5.91 Å². The number of aliphatic carboxylic acids is 1. The third-order valence-corrected chi connectivity index (χ3v) is 2.98. The molecule has 0 heterocycles. The van der Waals surface area contributed by atoms with Gasteiger partial charge in [-0.25, -0.2) is 9.18 Å². The van der Waals surface area contributed by atoms with Crippen molar-refractivity contribution in [1.82, 2.24) is 5.32 Å². The second-order valence-corrected chi connectivity index (χ2v) is 4.31. The van der Waals surface area contributed by atoms with Crippen molar-refractivity contribution in [3.8, 4) is 5.75 Å². The molecule has 1 rings (SSSR count). The minimum atomic E-state index is -1.20. The molecule has 0 bridgehead atoms. The zero-order chi connectivity index (χ0) is 14.6. The predicted molar refractivity (Wildman–Crippen MR) is 66.4 cm³/mol. The molecule has 0 saturated carbocycles. The van der Waals surface area contributed by atoms with E-state index in [4.69, 9.17) is 5.11 Å². The van der Waals surface area contributed by atoms with Crippen LogP contribution in [0.25, 0.3) is 0 Å². The molecule has 5 nitrogen and oxygen atoms in total. The Morgan fingerprint density at radius 2 is 2.05 bits per heavy atom. The van der Waals surface area contributed by atoms with Gasteiger partial charge in [0.05, 0.1) is 0 Å². The molecule has 0 spiro atoms. The summed E-state index contributed by atoms with van der Waals surface area (Å²) < 4.78 is 13.5. The van der Waals surface area contributed by atoms with Crippen molar-refractivity contribution in [1.29, 1.82) is 0 Å². The van der Waals surface area contributed by atoms with Crippen molar-refractivity contribution in [2.45, 2.75) is 26.3 Å². The summed E-state index contributed by atoms with van der Waals surface area (Å²) in [6.45, 7) is 3.45. The number of halogens is 1. The molecular formula is C13H16FNO4. The number of rotatable bonds is 5. The first-order valence-electron chi connectivity index (χ1n) is 5.89. The number of phenols is 1. The summed E-state index contributed by atoms with van der Waals surface area (Å²) in [5.41, 5.74) is -0.544. The number of carbonyl (C=O) groups is 2. The van der Waals surface area contributed by atoms with Gasteiger partial charge in [0, 0.05) is 0 Å². The predicted octanol–water partition coefficient (Wildman–Crippen LogP) is 1.76. The monoisotopic (exact) mass is 269 g/mol. The number of carboxylic acids is 1. The van der Waals surface area contributed by atoms with Crippen molar-refractivity contribution < 1.29 is 24.2 Å². The summed E-state index contributed by atoms with van der Waals surface area (Å²) in [4.78, 5) is 22.9. The number of nitrogens with one attached hydrogen (secondary N) is 1. The Labute approximate surface area is 110 Å². The Morgan fingerprint density at radius 1 is 1.42 bits per heavy atom. The number of hydrogen-bond donors (Lipinski definition) is 3. The normalized spacial score (nSPS) is 13.6. The first kappa shape index (κ1) is 14.9. The van der Waals surface area contributed by atoms with Crippen LogP contribution >= 0.6 is 0 Å². The third kappa shape index (κ3) is 3.43. The number of carboxylic acid groups (broad SMARTS) is 1. The molecular weight excluding hydrogens is 253 g/mol. The Bertz CT molecular complexity index is 469. The lowest BCUT2D eigenvalue weighted by Crippen LogP contribution is -2.45. The van der Waals surface area contributed by atoms with Gasteiger partial charge in [-0.3, -0.25) is 4.79 Å². The SMILES string of the molecule is CCC(C)C(NC(=O)c1c(O)cccc1F)C(=O)O. The van der Waals surface area contributed by atoms with E-state index in [1.54, 1.807) is 13.8 Å². The Kier molecular flexibility index (Phi) is 4.86. The van der Waals surface area contributed by atoms with Gasteiger partial charge in [0.15, 0.2) is 0 Å². The molecule has 0 radical (unpaired) electrons. The molecule has 2 atom stereocenters. The summed E-state index contributed by atoms with van der Waals surface area (Å²) >= 11 is 0. The van der Waals surface area contributed by atoms with E-state index < -0.39 is 35.0 Å². The number of carbonyl (C=O) groups excluding carboxylic acids is 1. The number of aromatic hydroxyl groups is 1. The second kappa shape index (κ2) is 6.17. The smallest absolute Gasteiger partial charge is 0.326 e. The van der Waals surface area contributed by atoms with Crippen molar-refractivity contribution in [2.75, 3.05) is 0 Å². The minimum Gasteiger partial charge on any atom is -0.507 e. The molecule has 0 fully saturated rings. The molecule has 3 N–H and O–H groups in total. The first-order chi connectivity index (χ1) is 8.88. The molecule has 0 saturated heterocycles. The van der Waals surface area contributed by atoms with Crippen LogP contribution in [0.4, 0.5) is 4.39 Å². The Balaban J connectivity index is 2.98. The summed E-state index contributed by atoms with van der Waals surface area (Å²) in [7, 11) is 0. The molecule has 0 aromatic heterocycles. The minimum absolute atomic E-state index is 0.310. The van der Waals surface area contributed by atoms with E-state index in [0.717, 1.165) is 12.1 Å². The summed E-state index contributed by atoms with van der Waals surface area (Å²) in [5.74, 6) is -3.87. The fourth-order valence-electron chi connectivity index (χ4n) is 1.63. The summed E-state index contributed by atoms with van der Waals surface area (Å²) in [6, 6.07) is 2.31. The average molecular weight is 269 g/mol. The Hall–Kier alpha value is -2.11. The zero-order valence-corrected chi connectivity index (χ0v) is 10.7. The van der Waals surface area contributed by atoms with Crippen molar-refractivity contribution >= 4 is 11.9 Å². The largest absolute Gasteiger partial charge is 0.507 e. The second-order valence-electron chi connectivity index (χ2n) is 4.31. The topological polar surface area (TPSA) is 86.6 Å². The fourth-order valence-corrected chi connectivity index (χ4v) is 1.63. The van der Waals surface area contributed by atoms with Gasteiger partial charge < -0.3 is 15.5 Å². The fraction of sp³-hybridized carbons (Fsp3) is 0.385. The molecule has 0 aliphatic rings. The van der Waals surface area contributed by atoms with Crippen molar-refractivity contribution in [3.63, 3.8) is 0 Å². The molecule has 6 heteroatoms. The quantitative estimate of drug-likeness (QED) is 0.760. The van der Waals surface area contributed by atoms with Gasteiger partial charge in [-0.2, -0.15) is 0 Å². The van der Waals surface area contributed by atoms with Gasteiger partial charge in [-0.05, 0) is 18.1 Å². The average Bonchev–Trinajstić information content (AvgIpc) is 2.34. The van der Waals surface area contributed by atoms with Crippen LogP contribution in [0.3, 0.4) is 0 Å². The van der Waals surface area contributed by atoms with Gasteiger partial charge in [0.1, 0.15) is 23.2 Å². The molecule has 0 aliphatic heterocycles. The molecule has 19 heavy (non-hydrogen) atoms. The summed E-state index contributed by atoms with van der Waals surface area (Å²) in [5, 5.41) is 20.7. The van der Waals surface area contributed by atoms with Gasteiger partial charge in [-0.1, -0.05) is 26.3 Å². The highest BCUT2D eigenvalue weighted by Gasteiger charge is 2.27. The lowest BCUT2D eigenvalue weighted by Gasteiger charge is -2.20. The van der Waals surface area contributed by atoms with E-state index in [9.17, 15) is 19.1 Å². The highest BCUT2D eigenvalue weighted by molar-refractivity contribution is 5.99. The molecule has 104 valence electrons. The van der Waals surface area contributed by atoms with Crippen LogP contribution in [0, 0.1) is 11.7 Å². The van der Waals surface area contributed by atoms with Crippen LogP contribution in [0.1, 0.15) is 30.6 Å². The lowest BCUT2D eigenvalue weighted by atomic mass is 9.99. The highest BCUT2D eigenvalue weighted by atomic mass is 19.1. The van der Waals surface area contributed by atoms with Crippen LogP contribution < -0.4 is 5.32 Å². The van der Waals surface area contributed by atoms with Gasteiger partial charge >= 0.3 is 5.97 Å². The zero-order valence-electron chi connectivity index (χ0n) is 10.7. The lowest BCUT2D eigenvalue weighted by molar-refractivity contribution is -0.140.